The van der Waals surface area contributed by atoms with Crippen molar-refractivity contribution in [3.8, 4) is 0 Å². The van der Waals surface area contributed by atoms with E-state index >= 15 is 35.1 Å². The van der Waals surface area contributed by atoms with Crippen LogP contribution >= 0.6 is 0 Å². The number of benzene rings is 1. The minimum Gasteiger partial charge on any atom is -0.355 e. The molecule has 0 saturated carbocycles. The Bertz CT molecular complexity index is 2820. The molecule has 0 atom stereocenters. The van der Waals surface area contributed by atoms with Gasteiger partial charge < -0.3 is 9.97 Å². The van der Waals surface area contributed by atoms with Crippen LogP contribution in [0.25, 0.3) is 44.1 Å². The van der Waals surface area contributed by atoms with E-state index in [1.165, 1.54) is 19.9 Å². The molecule has 21 heteroatoms. The van der Waals surface area contributed by atoms with Gasteiger partial charge in [0.15, 0.2) is 0 Å². The molecule has 2 aliphatic heterocycles. The smallest absolute Gasteiger partial charge is 0.355 e. The zero-order chi connectivity index (χ0) is 51.3. The van der Waals surface area contributed by atoms with Gasteiger partial charge in [0.2, 0.25) is 0 Å². The number of aromatic nitrogens is 4. The van der Waals surface area contributed by atoms with Gasteiger partial charge in [0.1, 0.15) is 0 Å². The number of hydrogen-bond acceptors (Lipinski definition) is 2. The Morgan fingerprint density at radius 3 is 1.28 bits per heavy atom. The number of fused-ring (bicyclic) bond motifs is 8. The molecule has 3 aromatic heterocycles. The van der Waals surface area contributed by atoms with Gasteiger partial charge >= 0.3 is 47.6 Å². The fourth-order valence-corrected chi connectivity index (χ4v) is 9.91. The second-order valence-electron chi connectivity index (χ2n) is 16.9. The SMILES string of the molecule is CCC1=C(CC)c2nc1cc1[nH]c(cc3[nH]c(cc4nc5c(c(C(F)(F)C(F)(F)C(F)(F)C(F)(F)C(F)(F)C(F)(F)C(F)(F)C(F)(F)F)ccc25)C4(CC)CC)c(CC)c3CC)c(CC)c1CC. The summed E-state index contributed by atoms with van der Waals surface area (Å²) in [6.45, 7) is 13.9. The molecule has 374 valence electrons. The van der Waals surface area contributed by atoms with E-state index in [2.05, 4.69) is 9.97 Å². The molecule has 6 rings (SSSR count). The van der Waals surface area contributed by atoms with Gasteiger partial charge in [-0.3, -0.25) is 4.98 Å². The Morgan fingerprint density at radius 2 is 0.868 bits per heavy atom. The largest absolute Gasteiger partial charge is 0.460 e. The molecule has 5 heterocycles. The standard InChI is InChI=1S/C47H47F17N4/c1-9-22-23(10-2)32-20-33-26(13-5)27(14-6)37(67-33)28-17-18-29(40(48,49)41(50,51)42(52,53)43(54,55)44(56,57)45(58,59)46(60,61)47(62,63)64)36-38(28)68-35(39(36,15-7)16-8)21-34-25(12-4)24(11-3)31(66-34)19-30(22)65-32/h17-21,65-66H,9-16H2,1-8H3. The quantitative estimate of drug-likeness (QED) is 0.117. The Hall–Kier alpha value is -4.85. The van der Waals surface area contributed by atoms with Gasteiger partial charge in [0.05, 0.1) is 22.6 Å². The molecule has 4 aromatic rings. The van der Waals surface area contributed by atoms with E-state index in [9.17, 15) is 39.5 Å². The van der Waals surface area contributed by atoms with Gasteiger partial charge in [0, 0.05) is 44.0 Å². The lowest BCUT2D eigenvalue weighted by Crippen LogP contribution is -2.74. The van der Waals surface area contributed by atoms with Crippen molar-refractivity contribution in [2.45, 2.75) is 160 Å². The number of rotatable bonds is 15. The van der Waals surface area contributed by atoms with Crippen molar-refractivity contribution in [2.24, 2.45) is 0 Å². The van der Waals surface area contributed by atoms with E-state index < -0.39 is 69.7 Å². The summed E-state index contributed by atoms with van der Waals surface area (Å²) in [5.41, 5.74) is 1.51. The molecule has 1 aromatic carbocycles. The van der Waals surface area contributed by atoms with Crippen molar-refractivity contribution in [1.29, 1.82) is 0 Å². The van der Waals surface area contributed by atoms with Crippen LogP contribution in [0.1, 0.15) is 132 Å². The Balaban J connectivity index is 1.80. The maximum absolute atomic E-state index is 16.9. The predicted molar refractivity (Wildman–Crippen MR) is 224 cm³/mol. The average molecular weight is 991 g/mol. The van der Waals surface area contributed by atoms with Gasteiger partial charge in [-0.1, -0.05) is 67.5 Å². The van der Waals surface area contributed by atoms with Crippen LogP contribution in [-0.4, -0.2) is 61.6 Å². The third-order valence-electron chi connectivity index (χ3n) is 13.6. The monoisotopic (exact) mass is 990 g/mol. The summed E-state index contributed by atoms with van der Waals surface area (Å²) >= 11 is 0. The van der Waals surface area contributed by atoms with E-state index in [0.29, 0.717) is 77.1 Å². The number of alkyl halides is 17. The lowest BCUT2D eigenvalue weighted by atomic mass is 9.70. The molecule has 0 amide bonds. The minimum atomic E-state index is -8.75. The van der Waals surface area contributed by atoms with E-state index in [1.807, 2.05) is 33.8 Å². The highest BCUT2D eigenvalue weighted by Crippen LogP contribution is 2.66. The maximum Gasteiger partial charge on any atom is 0.460 e. The highest BCUT2D eigenvalue weighted by Gasteiger charge is 2.95. The molecule has 0 spiro atoms. The number of aromatic amines is 2. The average Bonchev–Trinajstić information content (AvgIpc) is 3.99. The van der Waals surface area contributed by atoms with Crippen molar-refractivity contribution < 1.29 is 74.6 Å². The van der Waals surface area contributed by atoms with Crippen molar-refractivity contribution in [1.82, 2.24) is 19.9 Å². The number of allylic oxidation sites excluding steroid dienone is 2. The van der Waals surface area contributed by atoms with E-state index in [-0.39, 0.29) is 42.1 Å². The minimum absolute atomic E-state index is 0.0628. The number of nitrogens with one attached hydrogen (secondary N) is 2. The topological polar surface area (TPSA) is 57.4 Å². The van der Waals surface area contributed by atoms with Crippen LogP contribution < -0.4 is 0 Å². The Kier molecular flexibility index (Phi) is 13.1. The molecule has 68 heavy (non-hydrogen) atoms. The molecule has 0 aliphatic carbocycles. The fourth-order valence-electron chi connectivity index (χ4n) is 9.91. The van der Waals surface area contributed by atoms with Crippen molar-refractivity contribution in [3.63, 3.8) is 0 Å². The predicted octanol–water partition coefficient (Wildman–Crippen LogP) is 16.0. The van der Waals surface area contributed by atoms with E-state index in [0.717, 1.165) is 22.2 Å². The molecular weight excluding hydrogens is 944 g/mol. The normalized spacial score (nSPS) is 15.7. The number of H-pyrrole nitrogens is 2. The molecule has 0 unspecified atom stereocenters. The summed E-state index contributed by atoms with van der Waals surface area (Å²) in [6.07, 6.45) is -6.03. The summed E-state index contributed by atoms with van der Waals surface area (Å²) in [6, 6.07) is 5.94. The Morgan fingerprint density at radius 1 is 0.456 bits per heavy atom. The van der Waals surface area contributed by atoms with Crippen LogP contribution in [0.3, 0.4) is 0 Å². The molecule has 0 saturated heterocycles. The molecule has 4 nitrogen and oxygen atoms in total. The number of halogens is 17. The first kappa shape index (κ1) is 52.5. The van der Waals surface area contributed by atoms with Crippen molar-refractivity contribution in [2.75, 3.05) is 0 Å². The second kappa shape index (κ2) is 16.9. The third kappa shape index (κ3) is 6.89. The van der Waals surface area contributed by atoms with E-state index in [4.69, 9.17) is 9.97 Å². The first-order valence-corrected chi connectivity index (χ1v) is 22.0. The summed E-state index contributed by atoms with van der Waals surface area (Å²) in [5.74, 6) is -57.6. The van der Waals surface area contributed by atoms with E-state index in [1.54, 1.807) is 19.9 Å². The van der Waals surface area contributed by atoms with Gasteiger partial charge in [-0.25, -0.2) is 4.98 Å². The van der Waals surface area contributed by atoms with Gasteiger partial charge in [-0.05, 0) is 103 Å². The second-order valence-corrected chi connectivity index (χ2v) is 16.9. The van der Waals surface area contributed by atoms with Crippen LogP contribution in [0.2, 0.25) is 0 Å². The van der Waals surface area contributed by atoms with Crippen LogP contribution in [0, 0.1) is 0 Å². The Labute approximate surface area is 378 Å². The summed E-state index contributed by atoms with van der Waals surface area (Å²) < 4.78 is 251. The lowest BCUT2D eigenvalue weighted by molar-refractivity contribution is -0.462. The van der Waals surface area contributed by atoms with Crippen LogP contribution in [0.5, 0.6) is 0 Å². The number of aryl methyl sites for hydroxylation is 4. The zero-order valence-corrected chi connectivity index (χ0v) is 37.9. The lowest BCUT2D eigenvalue weighted by Gasteiger charge is -2.43. The molecule has 0 radical (unpaired) electrons. The first-order chi connectivity index (χ1) is 31.3. The molecule has 8 bridgehead atoms. The number of hydrogen-bond donors (Lipinski definition) is 2. The maximum atomic E-state index is 16.9. The molecule has 0 fully saturated rings. The summed E-state index contributed by atoms with van der Waals surface area (Å²) in [7, 11) is 0. The molecular formula is C47H47F17N4. The van der Waals surface area contributed by atoms with Crippen LogP contribution in [0.15, 0.2) is 30.3 Å². The first-order valence-electron chi connectivity index (χ1n) is 22.0. The summed E-state index contributed by atoms with van der Waals surface area (Å²) in [4.78, 5) is 16.5. The fraction of sp³-hybridized carbons (Fsp3) is 0.532. The van der Waals surface area contributed by atoms with Gasteiger partial charge in [-0.15, -0.1) is 0 Å². The third-order valence-corrected chi connectivity index (χ3v) is 13.6. The number of nitrogens with zero attached hydrogens (tertiary/aromatic N) is 2. The van der Waals surface area contributed by atoms with Gasteiger partial charge in [-0.2, -0.15) is 74.6 Å². The van der Waals surface area contributed by atoms with Gasteiger partial charge in [0.25, 0.3) is 0 Å². The van der Waals surface area contributed by atoms with Crippen LogP contribution in [0.4, 0.5) is 74.6 Å². The zero-order valence-electron chi connectivity index (χ0n) is 37.9. The van der Waals surface area contributed by atoms with Crippen LogP contribution in [-0.2, 0) is 37.0 Å². The van der Waals surface area contributed by atoms with Crippen molar-refractivity contribution in [3.05, 3.63) is 80.8 Å². The highest BCUT2D eigenvalue weighted by atomic mass is 19.4. The summed E-state index contributed by atoms with van der Waals surface area (Å²) in [5, 5.41) is -0.143. The molecule has 2 N–H and O–H groups in total. The molecule has 2 aliphatic rings. The van der Waals surface area contributed by atoms with Crippen molar-refractivity contribution >= 4 is 44.1 Å². The highest BCUT2D eigenvalue weighted by molar-refractivity contribution is 6.02.